The first-order chi connectivity index (χ1) is 12.2. The van der Waals surface area contributed by atoms with E-state index in [1.165, 1.54) is 6.33 Å². The topological polar surface area (TPSA) is 91.9 Å². The second-order valence-corrected chi connectivity index (χ2v) is 6.44. The summed E-state index contributed by atoms with van der Waals surface area (Å²) in [4.78, 5) is 16.4. The van der Waals surface area contributed by atoms with Gasteiger partial charge in [0.2, 0.25) is 0 Å². The van der Waals surface area contributed by atoms with E-state index in [0.717, 1.165) is 31.2 Å². The number of carbonyl (C=O) groups excluding carboxylic acids is 1. The lowest BCUT2D eigenvalue weighted by Gasteiger charge is -2.32. The Bertz CT molecular complexity index is 647. The summed E-state index contributed by atoms with van der Waals surface area (Å²) in [6.07, 6.45) is 5.61. The first-order valence-corrected chi connectivity index (χ1v) is 8.80. The van der Waals surface area contributed by atoms with Gasteiger partial charge in [0.05, 0.1) is 24.8 Å². The van der Waals surface area contributed by atoms with Crippen molar-refractivity contribution in [3.8, 4) is 0 Å². The Hall–Kier alpha value is -2.41. The molecule has 7 heteroatoms. The van der Waals surface area contributed by atoms with E-state index in [0.29, 0.717) is 12.4 Å². The fraction of sp³-hybridized carbons (Fsp3) is 0.500. The molecule has 1 heterocycles. The van der Waals surface area contributed by atoms with Gasteiger partial charge in [-0.1, -0.05) is 43.2 Å². The van der Waals surface area contributed by atoms with Crippen LogP contribution in [0.25, 0.3) is 0 Å². The predicted octanol–water partition coefficient (Wildman–Crippen LogP) is 2.69. The lowest BCUT2D eigenvalue weighted by Crippen LogP contribution is -2.50. The Balaban J connectivity index is 1.51. The molecule has 0 bridgehead atoms. The third kappa shape index (κ3) is 5.03. The molecule has 1 aromatic heterocycles. The molecule has 7 nitrogen and oxygen atoms in total. The number of hydrogen-bond donors (Lipinski definition) is 3. The molecule has 2 aromatic rings. The van der Waals surface area contributed by atoms with Crippen molar-refractivity contribution < 1.29 is 9.53 Å². The first-order valence-electron chi connectivity index (χ1n) is 8.80. The second-order valence-electron chi connectivity index (χ2n) is 6.44. The number of nitrogens with one attached hydrogen (secondary N) is 3. The number of aromatic nitrogens is 3. The van der Waals surface area contributed by atoms with Crippen molar-refractivity contribution in [1.82, 2.24) is 25.8 Å². The molecule has 134 valence electrons. The molecule has 1 aliphatic rings. The molecule has 1 aliphatic carbocycles. The number of urea groups is 1. The molecule has 2 amide bonds. The number of aromatic amines is 1. The van der Waals surface area contributed by atoms with Gasteiger partial charge in [-0.15, -0.1) is 0 Å². The third-order valence-electron chi connectivity index (χ3n) is 4.52. The van der Waals surface area contributed by atoms with Crippen LogP contribution in [0.3, 0.4) is 0 Å². The zero-order chi connectivity index (χ0) is 17.5. The number of benzene rings is 1. The van der Waals surface area contributed by atoms with Gasteiger partial charge in [-0.2, -0.15) is 5.10 Å². The lowest BCUT2D eigenvalue weighted by atomic mass is 9.92. The van der Waals surface area contributed by atoms with Crippen LogP contribution in [0, 0.1) is 0 Å². The van der Waals surface area contributed by atoms with Crippen LogP contribution >= 0.6 is 0 Å². The van der Waals surface area contributed by atoms with E-state index in [1.807, 2.05) is 25.1 Å². The number of H-pyrrole nitrogens is 1. The zero-order valence-electron chi connectivity index (χ0n) is 14.4. The molecule has 0 unspecified atom stereocenters. The number of ether oxygens (including phenoxy) is 1. The van der Waals surface area contributed by atoms with Gasteiger partial charge in [0.25, 0.3) is 0 Å². The van der Waals surface area contributed by atoms with Crippen molar-refractivity contribution >= 4 is 6.03 Å². The smallest absolute Gasteiger partial charge is 0.315 e. The van der Waals surface area contributed by atoms with Crippen molar-refractivity contribution in [2.24, 2.45) is 0 Å². The number of nitrogens with zero attached hydrogens (tertiary/aromatic N) is 2. The van der Waals surface area contributed by atoms with E-state index in [9.17, 15) is 4.79 Å². The van der Waals surface area contributed by atoms with Crippen LogP contribution in [0.5, 0.6) is 0 Å². The average Bonchev–Trinajstić information content (AvgIpc) is 3.17. The summed E-state index contributed by atoms with van der Waals surface area (Å²) in [5, 5.41) is 12.5. The molecule has 1 fully saturated rings. The van der Waals surface area contributed by atoms with Crippen LogP contribution in [0.1, 0.15) is 50.0 Å². The summed E-state index contributed by atoms with van der Waals surface area (Å²) < 4.78 is 6.09. The fourth-order valence-corrected chi connectivity index (χ4v) is 3.14. The maximum atomic E-state index is 12.3. The van der Waals surface area contributed by atoms with Gasteiger partial charge in [0.15, 0.2) is 0 Å². The van der Waals surface area contributed by atoms with E-state index < -0.39 is 0 Å². The lowest BCUT2D eigenvalue weighted by molar-refractivity contribution is -0.00272. The van der Waals surface area contributed by atoms with Gasteiger partial charge in [0.1, 0.15) is 12.2 Å². The van der Waals surface area contributed by atoms with Gasteiger partial charge in [-0.25, -0.2) is 9.78 Å². The Morgan fingerprint density at radius 1 is 1.32 bits per heavy atom. The summed E-state index contributed by atoms with van der Waals surface area (Å²) in [6.45, 7) is 2.43. The molecule has 25 heavy (non-hydrogen) atoms. The van der Waals surface area contributed by atoms with Gasteiger partial charge >= 0.3 is 6.03 Å². The average molecular weight is 343 g/mol. The highest BCUT2D eigenvalue weighted by Crippen LogP contribution is 2.22. The summed E-state index contributed by atoms with van der Waals surface area (Å²) in [5.74, 6) is 0.635. The van der Waals surface area contributed by atoms with Crippen LogP contribution in [-0.2, 0) is 11.3 Å². The Morgan fingerprint density at radius 3 is 2.88 bits per heavy atom. The van der Waals surface area contributed by atoms with Crippen molar-refractivity contribution in [3.05, 3.63) is 48.0 Å². The maximum Gasteiger partial charge on any atom is 0.315 e. The van der Waals surface area contributed by atoms with Gasteiger partial charge in [-0.05, 0) is 25.3 Å². The highest BCUT2D eigenvalue weighted by atomic mass is 16.5. The molecule has 1 aromatic carbocycles. The molecular weight excluding hydrogens is 318 g/mol. The minimum absolute atomic E-state index is 0.0272. The maximum absolute atomic E-state index is 12.3. The minimum atomic E-state index is -0.227. The van der Waals surface area contributed by atoms with E-state index in [2.05, 4.69) is 37.9 Å². The zero-order valence-corrected chi connectivity index (χ0v) is 14.4. The second kappa shape index (κ2) is 8.62. The standard InChI is InChI=1S/C18H25N5O2/c1-13(17-19-12-20-23-17)21-18(24)22-15-9-5-6-10-16(15)25-11-14-7-3-2-4-8-14/h2-4,7-8,12-13,15-16H,5-6,9-11H2,1H3,(H,19,20,23)(H2,21,22,24)/t13-,15-,16-/m0/s1. The largest absolute Gasteiger partial charge is 0.371 e. The van der Waals surface area contributed by atoms with Crippen molar-refractivity contribution in [2.45, 2.75) is 57.4 Å². The van der Waals surface area contributed by atoms with Crippen LogP contribution in [-0.4, -0.2) is 33.4 Å². The number of hydrogen-bond acceptors (Lipinski definition) is 4. The molecule has 3 N–H and O–H groups in total. The van der Waals surface area contributed by atoms with E-state index >= 15 is 0 Å². The highest BCUT2D eigenvalue weighted by molar-refractivity contribution is 5.74. The molecule has 3 atom stereocenters. The highest BCUT2D eigenvalue weighted by Gasteiger charge is 2.27. The van der Waals surface area contributed by atoms with Gasteiger partial charge in [0, 0.05) is 0 Å². The van der Waals surface area contributed by atoms with Crippen LogP contribution in [0.15, 0.2) is 36.7 Å². The molecule has 0 saturated heterocycles. The predicted molar refractivity (Wildman–Crippen MR) is 93.7 cm³/mol. The van der Waals surface area contributed by atoms with Crippen LogP contribution < -0.4 is 10.6 Å². The van der Waals surface area contributed by atoms with Crippen molar-refractivity contribution in [1.29, 1.82) is 0 Å². The van der Waals surface area contributed by atoms with Crippen molar-refractivity contribution in [3.63, 3.8) is 0 Å². The van der Waals surface area contributed by atoms with Gasteiger partial charge in [-0.3, -0.25) is 5.10 Å². The number of carbonyl (C=O) groups is 1. The monoisotopic (exact) mass is 343 g/mol. The molecule has 0 radical (unpaired) electrons. The SMILES string of the molecule is C[C@H](NC(=O)N[C@H]1CCCC[C@@H]1OCc1ccccc1)c1ncn[nH]1. The summed E-state index contributed by atoms with van der Waals surface area (Å²) >= 11 is 0. The van der Waals surface area contributed by atoms with E-state index in [1.54, 1.807) is 0 Å². The van der Waals surface area contributed by atoms with E-state index in [4.69, 9.17) is 4.74 Å². The third-order valence-corrected chi connectivity index (χ3v) is 4.52. The quantitative estimate of drug-likeness (QED) is 0.752. The molecule has 0 spiro atoms. The summed E-state index contributed by atoms with van der Waals surface area (Å²) in [7, 11) is 0. The van der Waals surface area contributed by atoms with Crippen LogP contribution in [0.2, 0.25) is 0 Å². The summed E-state index contributed by atoms with van der Waals surface area (Å²) in [5.41, 5.74) is 1.15. The number of rotatable bonds is 6. The van der Waals surface area contributed by atoms with Crippen molar-refractivity contribution in [2.75, 3.05) is 0 Å². The minimum Gasteiger partial charge on any atom is -0.371 e. The normalized spacial score (nSPS) is 21.5. The Labute approximate surface area is 147 Å². The Kier molecular flexibility index (Phi) is 6.00. The first kappa shape index (κ1) is 17.4. The summed E-state index contributed by atoms with van der Waals surface area (Å²) in [6, 6.07) is 9.71. The van der Waals surface area contributed by atoms with E-state index in [-0.39, 0.29) is 24.2 Å². The molecule has 3 rings (SSSR count). The molecule has 1 saturated carbocycles. The van der Waals surface area contributed by atoms with Gasteiger partial charge < -0.3 is 15.4 Å². The fourth-order valence-electron chi connectivity index (χ4n) is 3.14. The molecule has 0 aliphatic heterocycles. The Morgan fingerprint density at radius 2 is 2.12 bits per heavy atom. The molecular formula is C18H25N5O2. The number of amides is 2. The van der Waals surface area contributed by atoms with Crippen LogP contribution in [0.4, 0.5) is 4.79 Å².